The third kappa shape index (κ3) is 1.07. The van der Waals surface area contributed by atoms with Gasteiger partial charge in [0, 0.05) is 12.0 Å². The van der Waals surface area contributed by atoms with Crippen LogP contribution in [0.5, 0.6) is 0 Å². The van der Waals surface area contributed by atoms with E-state index in [9.17, 15) is 18.0 Å². The van der Waals surface area contributed by atoms with Crippen LogP contribution in [0.1, 0.15) is 22.3 Å². The molecule has 0 amide bonds. The second-order valence-corrected chi connectivity index (χ2v) is 3.41. The zero-order valence-corrected chi connectivity index (χ0v) is 7.59. The molecule has 0 N–H and O–H groups in total. The second-order valence-electron chi connectivity index (χ2n) is 3.03. The highest BCUT2D eigenvalue weighted by molar-refractivity contribution is 6.31. The Balaban J connectivity index is 2.84. The molecule has 1 aliphatic carbocycles. The van der Waals surface area contributed by atoms with Crippen LogP contribution < -0.4 is 0 Å². The Hall–Kier alpha value is -1.03. The summed E-state index contributed by atoms with van der Waals surface area (Å²) in [5, 5.41) is -0.948. The summed E-state index contributed by atoms with van der Waals surface area (Å²) < 4.78 is 39.3. The Morgan fingerprint density at radius 3 is 2.29 bits per heavy atom. The van der Waals surface area contributed by atoms with Crippen LogP contribution in [0.4, 0.5) is 13.2 Å². The van der Waals surface area contributed by atoms with Gasteiger partial charge in [-0.3, -0.25) is 4.79 Å². The van der Waals surface area contributed by atoms with Gasteiger partial charge in [0.1, 0.15) is 5.02 Å². The lowest BCUT2D eigenvalue weighted by atomic mass is 10.1. The summed E-state index contributed by atoms with van der Waals surface area (Å²) in [6.07, 6.45) is 0.0357. The van der Waals surface area contributed by atoms with E-state index in [1.165, 1.54) is 0 Å². The van der Waals surface area contributed by atoms with Crippen molar-refractivity contribution < 1.29 is 18.0 Å². The van der Waals surface area contributed by atoms with Crippen molar-refractivity contribution in [2.75, 3.05) is 0 Å². The first-order chi connectivity index (χ1) is 6.54. The zero-order chi connectivity index (χ0) is 10.5. The van der Waals surface area contributed by atoms with Crippen molar-refractivity contribution in [1.82, 2.24) is 0 Å². The van der Waals surface area contributed by atoms with Crippen LogP contribution in [0.2, 0.25) is 5.02 Å². The molecule has 5 heteroatoms. The summed E-state index contributed by atoms with van der Waals surface area (Å²) >= 11 is 5.19. The van der Waals surface area contributed by atoms with Crippen LogP contribution in [-0.4, -0.2) is 5.78 Å². The third-order valence-corrected chi connectivity index (χ3v) is 2.58. The maximum atomic E-state index is 13.2. The van der Waals surface area contributed by atoms with Gasteiger partial charge in [0.2, 0.25) is 0 Å². The number of ketones is 1. The number of benzene rings is 1. The van der Waals surface area contributed by atoms with Gasteiger partial charge in [0.25, 0.3) is 0 Å². The number of halogens is 4. The van der Waals surface area contributed by atoms with Gasteiger partial charge in [-0.05, 0) is 6.42 Å². The lowest BCUT2D eigenvalue weighted by molar-refractivity contribution is 0.0991. The molecule has 2 rings (SSSR count). The molecule has 0 saturated heterocycles. The molecule has 14 heavy (non-hydrogen) atoms. The van der Waals surface area contributed by atoms with E-state index in [-0.39, 0.29) is 18.4 Å². The van der Waals surface area contributed by atoms with E-state index in [0.29, 0.717) is 0 Å². The monoisotopic (exact) mass is 220 g/mol. The highest BCUT2D eigenvalue weighted by atomic mass is 35.5. The minimum Gasteiger partial charge on any atom is -0.294 e. The maximum absolute atomic E-state index is 13.2. The highest BCUT2D eigenvalue weighted by Crippen LogP contribution is 2.33. The molecule has 0 spiro atoms. The van der Waals surface area contributed by atoms with Gasteiger partial charge < -0.3 is 0 Å². The standard InChI is InChI=1S/C9H4ClF3O/c10-6-8(12)5-3(1-2-4(5)14)7(11)9(6)13/h1-2H2. The lowest BCUT2D eigenvalue weighted by Crippen LogP contribution is -2.03. The van der Waals surface area contributed by atoms with Gasteiger partial charge in [-0.15, -0.1) is 0 Å². The molecule has 1 aliphatic rings. The summed E-state index contributed by atoms with van der Waals surface area (Å²) in [6.45, 7) is 0. The minimum absolute atomic E-state index is 0.00293. The Morgan fingerprint density at radius 2 is 1.64 bits per heavy atom. The Bertz CT molecular complexity index is 442. The van der Waals surface area contributed by atoms with Gasteiger partial charge in [-0.2, -0.15) is 0 Å². The Kier molecular flexibility index (Phi) is 2.03. The van der Waals surface area contributed by atoms with Crippen molar-refractivity contribution in [3.8, 4) is 0 Å². The molecule has 1 aromatic rings. The van der Waals surface area contributed by atoms with Crippen LogP contribution in [0.3, 0.4) is 0 Å². The average Bonchev–Trinajstić information content (AvgIpc) is 2.54. The molecule has 0 radical (unpaired) electrons. The second kappa shape index (κ2) is 2.98. The number of hydrogen-bond donors (Lipinski definition) is 0. The fraction of sp³-hybridized carbons (Fsp3) is 0.222. The first-order valence-electron chi connectivity index (χ1n) is 3.92. The van der Waals surface area contributed by atoms with Gasteiger partial charge in [0.15, 0.2) is 23.2 Å². The molecule has 0 fully saturated rings. The van der Waals surface area contributed by atoms with Crippen molar-refractivity contribution in [2.45, 2.75) is 12.8 Å². The van der Waals surface area contributed by atoms with E-state index in [4.69, 9.17) is 11.6 Å². The van der Waals surface area contributed by atoms with E-state index in [1.54, 1.807) is 0 Å². The lowest BCUT2D eigenvalue weighted by Gasteiger charge is -2.04. The molecule has 0 atom stereocenters. The normalized spacial score (nSPS) is 14.7. The Morgan fingerprint density at radius 1 is 1.00 bits per heavy atom. The van der Waals surface area contributed by atoms with E-state index in [0.717, 1.165) is 0 Å². The van der Waals surface area contributed by atoms with Crippen molar-refractivity contribution in [1.29, 1.82) is 0 Å². The molecule has 1 nitrogen and oxygen atoms in total. The molecule has 74 valence electrons. The van der Waals surface area contributed by atoms with E-state index in [2.05, 4.69) is 0 Å². The Labute approximate surface area is 82.5 Å². The summed E-state index contributed by atoms with van der Waals surface area (Å²) in [7, 11) is 0. The van der Waals surface area contributed by atoms with Gasteiger partial charge in [-0.1, -0.05) is 11.6 Å². The molecule has 0 aliphatic heterocycles. The molecular weight excluding hydrogens is 217 g/mol. The first kappa shape index (κ1) is 9.52. The van der Waals surface area contributed by atoms with Gasteiger partial charge in [0.05, 0.1) is 5.56 Å². The topological polar surface area (TPSA) is 17.1 Å². The summed E-state index contributed by atoms with van der Waals surface area (Å²) in [5.41, 5.74) is -0.594. The predicted molar refractivity (Wildman–Crippen MR) is 44.0 cm³/mol. The van der Waals surface area contributed by atoms with E-state index < -0.39 is 33.8 Å². The number of carbonyl (C=O) groups excluding carboxylic acids is 1. The number of Topliss-reactive ketones (excluding diaryl/α,β-unsaturated/α-hetero) is 1. The van der Waals surface area contributed by atoms with Gasteiger partial charge in [-0.25, -0.2) is 13.2 Å². The molecule has 0 saturated carbocycles. The van der Waals surface area contributed by atoms with E-state index >= 15 is 0 Å². The fourth-order valence-corrected chi connectivity index (χ4v) is 1.74. The highest BCUT2D eigenvalue weighted by Gasteiger charge is 2.31. The summed E-state index contributed by atoms with van der Waals surface area (Å²) in [5.74, 6) is -4.31. The maximum Gasteiger partial charge on any atom is 0.180 e. The summed E-state index contributed by atoms with van der Waals surface area (Å²) in [4.78, 5) is 11.1. The first-order valence-corrected chi connectivity index (χ1v) is 4.30. The molecule has 0 unspecified atom stereocenters. The summed E-state index contributed by atoms with van der Waals surface area (Å²) in [6, 6.07) is 0. The SMILES string of the molecule is O=C1CCc2c(F)c(F)c(Cl)c(F)c21. The number of carbonyl (C=O) groups is 1. The average molecular weight is 221 g/mol. The van der Waals surface area contributed by atoms with Crippen LogP contribution in [0.15, 0.2) is 0 Å². The number of fused-ring (bicyclic) bond motifs is 1. The van der Waals surface area contributed by atoms with Crippen LogP contribution in [-0.2, 0) is 6.42 Å². The van der Waals surface area contributed by atoms with Crippen LogP contribution >= 0.6 is 11.6 Å². The van der Waals surface area contributed by atoms with Crippen molar-refractivity contribution in [3.05, 3.63) is 33.6 Å². The molecule has 0 bridgehead atoms. The molecule has 1 aromatic carbocycles. The smallest absolute Gasteiger partial charge is 0.180 e. The number of hydrogen-bond acceptors (Lipinski definition) is 1. The fourth-order valence-electron chi connectivity index (χ4n) is 1.57. The number of rotatable bonds is 0. The zero-order valence-electron chi connectivity index (χ0n) is 6.83. The predicted octanol–water partition coefficient (Wildman–Crippen LogP) is 2.89. The molecular formula is C9H4ClF3O. The van der Waals surface area contributed by atoms with Crippen LogP contribution in [0.25, 0.3) is 0 Å². The van der Waals surface area contributed by atoms with Gasteiger partial charge >= 0.3 is 0 Å². The van der Waals surface area contributed by atoms with Crippen molar-refractivity contribution in [3.63, 3.8) is 0 Å². The van der Waals surface area contributed by atoms with Crippen LogP contribution in [0, 0.1) is 17.5 Å². The third-order valence-electron chi connectivity index (χ3n) is 2.25. The molecule has 0 aromatic heterocycles. The quantitative estimate of drug-likeness (QED) is 0.485. The van der Waals surface area contributed by atoms with Crippen molar-refractivity contribution >= 4 is 17.4 Å². The largest absolute Gasteiger partial charge is 0.294 e. The molecule has 0 heterocycles. The van der Waals surface area contributed by atoms with E-state index in [1.807, 2.05) is 0 Å². The minimum atomic E-state index is -1.42. The van der Waals surface area contributed by atoms with Crippen molar-refractivity contribution in [2.24, 2.45) is 0 Å².